The van der Waals surface area contributed by atoms with E-state index in [1.165, 1.54) is 12.1 Å². The van der Waals surface area contributed by atoms with Crippen LogP contribution in [0.4, 0.5) is 15.8 Å². The summed E-state index contributed by atoms with van der Waals surface area (Å²) in [5.41, 5.74) is 6.10. The molecule has 19 heavy (non-hydrogen) atoms. The van der Waals surface area contributed by atoms with Gasteiger partial charge in [-0.3, -0.25) is 9.00 Å². The van der Waals surface area contributed by atoms with Crippen LogP contribution in [0.5, 0.6) is 0 Å². The molecule has 106 valence electrons. The lowest BCUT2D eigenvalue weighted by atomic mass is 10.2. The topological polar surface area (TPSA) is 72.2 Å². The molecule has 1 amide bonds. The van der Waals surface area contributed by atoms with Crippen molar-refractivity contribution in [2.24, 2.45) is 5.92 Å². The Morgan fingerprint density at radius 3 is 2.63 bits per heavy atom. The SMILES string of the molecule is CC(C)C(C)S(=O)CC(=O)Nc1cc(F)ccc1N. The number of carbonyl (C=O) groups excluding carboxylic acids is 1. The Morgan fingerprint density at radius 2 is 2.05 bits per heavy atom. The van der Waals surface area contributed by atoms with Crippen LogP contribution in [0.1, 0.15) is 20.8 Å². The molecule has 0 radical (unpaired) electrons. The number of anilines is 2. The minimum atomic E-state index is -1.26. The number of carbonyl (C=O) groups is 1. The second kappa shape index (κ2) is 6.65. The normalized spacial score (nSPS) is 14.2. The Bertz CT molecular complexity index is 492. The predicted octanol–water partition coefficient (Wildman–Crippen LogP) is 2.14. The Balaban J connectivity index is 2.65. The molecule has 0 heterocycles. The molecule has 1 aromatic carbocycles. The number of nitrogens with one attached hydrogen (secondary N) is 1. The maximum Gasteiger partial charge on any atom is 0.237 e. The zero-order valence-electron chi connectivity index (χ0n) is 11.3. The summed E-state index contributed by atoms with van der Waals surface area (Å²) in [6.45, 7) is 5.74. The summed E-state index contributed by atoms with van der Waals surface area (Å²) in [5, 5.41) is 2.41. The number of amides is 1. The molecule has 0 spiro atoms. The predicted molar refractivity (Wildman–Crippen MR) is 76.8 cm³/mol. The first-order valence-electron chi connectivity index (χ1n) is 6.03. The van der Waals surface area contributed by atoms with Crippen LogP contribution in [0.15, 0.2) is 18.2 Å². The van der Waals surface area contributed by atoms with E-state index < -0.39 is 22.5 Å². The molecule has 0 aromatic heterocycles. The van der Waals surface area contributed by atoms with Crippen molar-refractivity contribution in [3.63, 3.8) is 0 Å². The van der Waals surface area contributed by atoms with E-state index in [1.54, 1.807) is 0 Å². The molecule has 3 N–H and O–H groups in total. The largest absolute Gasteiger partial charge is 0.397 e. The van der Waals surface area contributed by atoms with E-state index >= 15 is 0 Å². The van der Waals surface area contributed by atoms with Gasteiger partial charge in [0.15, 0.2) is 0 Å². The van der Waals surface area contributed by atoms with Gasteiger partial charge in [-0.2, -0.15) is 0 Å². The highest BCUT2D eigenvalue weighted by atomic mass is 32.2. The van der Waals surface area contributed by atoms with Crippen LogP contribution >= 0.6 is 0 Å². The fraction of sp³-hybridized carbons (Fsp3) is 0.462. The van der Waals surface area contributed by atoms with Gasteiger partial charge in [0.2, 0.25) is 5.91 Å². The number of nitrogens with two attached hydrogens (primary N) is 1. The van der Waals surface area contributed by atoms with Crippen molar-refractivity contribution in [1.29, 1.82) is 0 Å². The van der Waals surface area contributed by atoms with E-state index in [9.17, 15) is 13.4 Å². The van der Waals surface area contributed by atoms with Crippen LogP contribution in [-0.2, 0) is 15.6 Å². The van der Waals surface area contributed by atoms with Gasteiger partial charge in [0.25, 0.3) is 0 Å². The summed E-state index contributed by atoms with van der Waals surface area (Å²) < 4.78 is 24.9. The number of nitrogen functional groups attached to an aromatic ring is 1. The van der Waals surface area contributed by atoms with E-state index in [1.807, 2.05) is 20.8 Å². The van der Waals surface area contributed by atoms with Crippen molar-refractivity contribution < 1.29 is 13.4 Å². The van der Waals surface area contributed by atoms with Gasteiger partial charge in [0.05, 0.1) is 11.4 Å². The summed E-state index contributed by atoms with van der Waals surface area (Å²) in [4.78, 5) is 11.7. The Hall–Kier alpha value is -1.43. The first-order valence-corrected chi connectivity index (χ1v) is 7.41. The second-order valence-corrected chi connectivity index (χ2v) is 6.55. The summed E-state index contributed by atoms with van der Waals surface area (Å²) >= 11 is 0. The zero-order chi connectivity index (χ0) is 14.6. The van der Waals surface area contributed by atoms with Crippen LogP contribution in [0.25, 0.3) is 0 Å². The van der Waals surface area contributed by atoms with E-state index in [2.05, 4.69) is 5.32 Å². The first kappa shape index (κ1) is 15.6. The molecule has 1 aromatic rings. The Kier molecular flexibility index (Phi) is 5.47. The van der Waals surface area contributed by atoms with E-state index in [-0.39, 0.29) is 28.3 Å². The molecular formula is C13H19FN2O2S. The van der Waals surface area contributed by atoms with Gasteiger partial charge in [-0.05, 0) is 24.1 Å². The molecule has 0 saturated heterocycles. The quantitative estimate of drug-likeness (QED) is 0.815. The van der Waals surface area contributed by atoms with Gasteiger partial charge < -0.3 is 11.1 Å². The average Bonchev–Trinajstić information content (AvgIpc) is 2.32. The highest BCUT2D eigenvalue weighted by molar-refractivity contribution is 7.86. The molecule has 0 aliphatic heterocycles. The number of hydrogen-bond acceptors (Lipinski definition) is 3. The van der Waals surface area contributed by atoms with Crippen LogP contribution in [0.2, 0.25) is 0 Å². The maximum absolute atomic E-state index is 13.0. The van der Waals surface area contributed by atoms with Crippen molar-refractivity contribution in [2.75, 3.05) is 16.8 Å². The lowest BCUT2D eigenvalue weighted by Gasteiger charge is -2.15. The first-order chi connectivity index (χ1) is 8.81. The molecule has 6 heteroatoms. The van der Waals surface area contributed by atoms with E-state index in [0.717, 1.165) is 6.07 Å². The molecular weight excluding hydrogens is 267 g/mol. The fourth-order valence-corrected chi connectivity index (χ4v) is 2.59. The molecule has 0 saturated carbocycles. The molecule has 2 unspecified atom stereocenters. The molecule has 0 fully saturated rings. The Labute approximate surface area is 115 Å². The van der Waals surface area contributed by atoms with Crippen molar-refractivity contribution in [2.45, 2.75) is 26.0 Å². The minimum absolute atomic E-state index is 0.0735. The highest BCUT2D eigenvalue weighted by Gasteiger charge is 2.18. The number of halogens is 1. The standard InChI is InChI=1S/C13H19FN2O2S/c1-8(2)9(3)19(18)7-13(17)16-12-6-10(14)4-5-11(12)15/h4-6,8-9H,7,15H2,1-3H3,(H,16,17). The number of hydrogen-bond donors (Lipinski definition) is 2. The van der Waals surface area contributed by atoms with Crippen LogP contribution < -0.4 is 11.1 Å². The zero-order valence-corrected chi connectivity index (χ0v) is 12.1. The van der Waals surface area contributed by atoms with Crippen molar-refractivity contribution in [3.8, 4) is 0 Å². The third kappa shape index (κ3) is 4.63. The maximum atomic E-state index is 13.0. The van der Waals surface area contributed by atoms with E-state index in [4.69, 9.17) is 5.73 Å². The summed E-state index contributed by atoms with van der Waals surface area (Å²) in [6, 6.07) is 3.73. The lowest BCUT2D eigenvalue weighted by molar-refractivity contribution is -0.113. The average molecular weight is 286 g/mol. The molecule has 0 bridgehead atoms. The second-order valence-electron chi connectivity index (χ2n) is 4.75. The summed E-state index contributed by atoms with van der Waals surface area (Å²) in [7, 11) is -1.26. The van der Waals surface area contributed by atoms with Gasteiger partial charge in [0, 0.05) is 16.0 Å². The Morgan fingerprint density at radius 1 is 1.42 bits per heavy atom. The van der Waals surface area contributed by atoms with Gasteiger partial charge >= 0.3 is 0 Å². The van der Waals surface area contributed by atoms with Crippen molar-refractivity contribution in [1.82, 2.24) is 0 Å². The number of rotatable bonds is 5. The van der Waals surface area contributed by atoms with Crippen LogP contribution in [-0.4, -0.2) is 21.1 Å². The third-order valence-corrected chi connectivity index (χ3v) is 4.84. The molecule has 4 nitrogen and oxygen atoms in total. The monoisotopic (exact) mass is 286 g/mol. The van der Waals surface area contributed by atoms with E-state index in [0.29, 0.717) is 0 Å². The van der Waals surface area contributed by atoms with Crippen LogP contribution in [0.3, 0.4) is 0 Å². The highest BCUT2D eigenvalue weighted by Crippen LogP contribution is 2.19. The van der Waals surface area contributed by atoms with Gasteiger partial charge in [0.1, 0.15) is 11.6 Å². The summed E-state index contributed by atoms with van der Waals surface area (Å²) in [6.07, 6.45) is 0. The smallest absolute Gasteiger partial charge is 0.237 e. The van der Waals surface area contributed by atoms with Gasteiger partial charge in [-0.1, -0.05) is 20.8 Å². The fourth-order valence-electron chi connectivity index (χ4n) is 1.39. The number of benzene rings is 1. The molecule has 0 aliphatic carbocycles. The minimum Gasteiger partial charge on any atom is -0.397 e. The van der Waals surface area contributed by atoms with Gasteiger partial charge in [-0.25, -0.2) is 4.39 Å². The molecule has 1 rings (SSSR count). The van der Waals surface area contributed by atoms with Crippen molar-refractivity contribution >= 4 is 28.1 Å². The third-order valence-electron chi connectivity index (χ3n) is 2.92. The molecule has 2 atom stereocenters. The molecule has 0 aliphatic rings. The van der Waals surface area contributed by atoms with Crippen molar-refractivity contribution in [3.05, 3.63) is 24.0 Å². The summed E-state index contributed by atoms with van der Waals surface area (Å²) in [5.74, 6) is -0.799. The van der Waals surface area contributed by atoms with Gasteiger partial charge in [-0.15, -0.1) is 0 Å². The van der Waals surface area contributed by atoms with Crippen LogP contribution in [0, 0.1) is 11.7 Å². The lowest BCUT2D eigenvalue weighted by Crippen LogP contribution is -2.27.